The van der Waals surface area contributed by atoms with Crippen molar-refractivity contribution in [3.8, 4) is 11.6 Å². The molecule has 8 nitrogen and oxygen atoms in total. The number of pyridine rings is 1. The number of carbonyl (C=O) groups is 1. The summed E-state index contributed by atoms with van der Waals surface area (Å²) in [6.07, 6.45) is -1.73. The zero-order valence-electron chi connectivity index (χ0n) is 17.8. The fourth-order valence-corrected chi connectivity index (χ4v) is 3.07. The summed E-state index contributed by atoms with van der Waals surface area (Å²) in [6, 6.07) is 10.1. The first-order valence-corrected chi connectivity index (χ1v) is 10.3. The van der Waals surface area contributed by atoms with Gasteiger partial charge in [-0.25, -0.2) is 9.78 Å². The van der Waals surface area contributed by atoms with Crippen molar-refractivity contribution in [3.05, 3.63) is 65.9 Å². The monoisotopic (exact) mass is 477 g/mol. The highest BCUT2D eigenvalue weighted by molar-refractivity contribution is 6.39. The van der Waals surface area contributed by atoms with Gasteiger partial charge in [-0.1, -0.05) is 6.07 Å². The first kappa shape index (κ1) is 24.9. The predicted octanol–water partition coefficient (Wildman–Crippen LogP) is 4.13. The van der Waals surface area contributed by atoms with E-state index >= 15 is 0 Å². The van der Waals surface area contributed by atoms with Crippen molar-refractivity contribution in [2.45, 2.75) is 31.2 Å². The highest BCUT2D eigenvalue weighted by atomic mass is 19.4. The lowest BCUT2D eigenvalue weighted by molar-refractivity contribution is -0.141. The van der Waals surface area contributed by atoms with Crippen molar-refractivity contribution < 1.29 is 37.3 Å². The predicted molar refractivity (Wildman–Crippen MR) is 116 cm³/mol. The molecule has 2 atom stereocenters. The Hall–Kier alpha value is -3.73. The Bertz CT molecular complexity index is 1060. The number of carboxylic acids is 1. The maximum absolute atomic E-state index is 12.8. The number of aliphatic carboxylic acids is 1. The SMILES string of the molecule is N=C(/C=C\C(=N)c1ccc(OC[C@@H]2CC[C@@H](Oc3cccc(C(F)(F)F)n3)CO2)cc1)C(=O)O. The van der Waals surface area contributed by atoms with Crippen LogP contribution < -0.4 is 9.47 Å². The average Bonchev–Trinajstić information content (AvgIpc) is 2.81. The van der Waals surface area contributed by atoms with E-state index in [9.17, 15) is 18.0 Å². The second-order valence-corrected chi connectivity index (χ2v) is 7.43. The van der Waals surface area contributed by atoms with E-state index in [4.69, 9.17) is 30.1 Å². The molecule has 2 heterocycles. The molecule has 1 aliphatic heterocycles. The van der Waals surface area contributed by atoms with Gasteiger partial charge in [0.15, 0.2) is 0 Å². The second kappa shape index (κ2) is 10.9. The van der Waals surface area contributed by atoms with E-state index in [1.165, 1.54) is 18.2 Å². The number of hydrogen-bond acceptors (Lipinski definition) is 7. The quantitative estimate of drug-likeness (QED) is 0.466. The number of ether oxygens (including phenoxy) is 3. The van der Waals surface area contributed by atoms with Gasteiger partial charge < -0.3 is 24.7 Å². The van der Waals surface area contributed by atoms with Crippen LogP contribution in [0.4, 0.5) is 13.2 Å². The van der Waals surface area contributed by atoms with E-state index in [1.54, 1.807) is 24.3 Å². The first-order valence-electron chi connectivity index (χ1n) is 10.3. The van der Waals surface area contributed by atoms with Crippen molar-refractivity contribution in [3.63, 3.8) is 0 Å². The Labute approximate surface area is 193 Å². The normalized spacial score (nSPS) is 18.4. The maximum atomic E-state index is 12.8. The number of alkyl halides is 3. The van der Waals surface area contributed by atoms with Crippen molar-refractivity contribution in [2.75, 3.05) is 13.2 Å². The number of nitrogens with zero attached hydrogens (tertiary/aromatic N) is 1. The van der Waals surface area contributed by atoms with Gasteiger partial charge in [-0.2, -0.15) is 13.2 Å². The van der Waals surface area contributed by atoms with Gasteiger partial charge in [-0.05, 0) is 60.9 Å². The minimum Gasteiger partial charge on any atom is -0.491 e. The van der Waals surface area contributed by atoms with Gasteiger partial charge in [0, 0.05) is 6.07 Å². The number of hydrogen-bond donors (Lipinski definition) is 3. The van der Waals surface area contributed by atoms with Crippen molar-refractivity contribution >= 4 is 17.4 Å². The summed E-state index contributed by atoms with van der Waals surface area (Å²) < 4.78 is 55.3. The highest BCUT2D eigenvalue weighted by Crippen LogP contribution is 2.29. The van der Waals surface area contributed by atoms with E-state index < -0.39 is 29.7 Å². The molecular weight excluding hydrogens is 455 g/mol. The number of carboxylic acid groups (broad SMARTS) is 1. The van der Waals surface area contributed by atoms with Crippen LogP contribution in [0.15, 0.2) is 54.6 Å². The molecule has 3 rings (SSSR count). The third-order valence-corrected chi connectivity index (χ3v) is 4.88. The van der Waals surface area contributed by atoms with E-state index in [-0.39, 0.29) is 30.9 Å². The van der Waals surface area contributed by atoms with Gasteiger partial charge in [0.1, 0.15) is 29.9 Å². The molecule has 34 heavy (non-hydrogen) atoms. The van der Waals surface area contributed by atoms with Gasteiger partial charge in [0.2, 0.25) is 5.88 Å². The molecule has 1 aliphatic rings. The van der Waals surface area contributed by atoms with Gasteiger partial charge in [0.25, 0.3) is 0 Å². The molecule has 3 N–H and O–H groups in total. The maximum Gasteiger partial charge on any atom is 0.433 e. The smallest absolute Gasteiger partial charge is 0.433 e. The molecule has 0 radical (unpaired) electrons. The summed E-state index contributed by atoms with van der Waals surface area (Å²) in [6.45, 7) is 0.459. The van der Waals surface area contributed by atoms with E-state index in [1.807, 2.05) is 0 Å². The number of aromatic nitrogens is 1. The summed E-state index contributed by atoms with van der Waals surface area (Å²) in [5, 5.41) is 23.8. The zero-order valence-corrected chi connectivity index (χ0v) is 17.8. The molecule has 0 aliphatic carbocycles. The van der Waals surface area contributed by atoms with Gasteiger partial charge in [-0.15, -0.1) is 0 Å². The van der Waals surface area contributed by atoms with Crippen molar-refractivity contribution in [1.82, 2.24) is 4.98 Å². The molecule has 180 valence electrons. The molecule has 0 amide bonds. The van der Waals surface area contributed by atoms with Crippen LogP contribution in [-0.4, -0.2) is 52.9 Å². The minimum atomic E-state index is -4.54. The lowest BCUT2D eigenvalue weighted by atomic mass is 10.1. The molecule has 1 saturated heterocycles. The molecule has 1 aromatic carbocycles. The average molecular weight is 477 g/mol. The molecule has 0 saturated carbocycles. The third-order valence-electron chi connectivity index (χ3n) is 4.88. The Morgan fingerprint density at radius 3 is 2.50 bits per heavy atom. The summed E-state index contributed by atoms with van der Waals surface area (Å²) in [4.78, 5) is 14.1. The zero-order chi connectivity index (χ0) is 24.7. The van der Waals surface area contributed by atoms with E-state index in [2.05, 4.69) is 4.98 Å². The molecule has 0 spiro atoms. The first-order chi connectivity index (χ1) is 16.1. The van der Waals surface area contributed by atoms with Gasteiger partial charge in [0.05, 0.1) is 18.4 Å². The fourth-order valence-electron chi connectivity index (χ4n) is 3.07. The summed E-state index contributed by atoms with van der Waals surface area (Å²) in [5.74, 6) is -0.921. The van der Waals surface area contributed by atoms with Crippen LogP contribution in [0, 0.1) is 10.8 Å². The fraction of sp³-hybridized carbons (Fsp3) is 0.304. The van der Waals surface area contributed by atoms with Crippen molar-refractivity contribution in [1.29, 1.82) is 10.8 Å². The molecule has 1 aromatic heterocycles. The summed E-state index contributed by atoms with van der Waals surface area (Å²) in [7, 11) is 0. The highest BCUT2D eigenvalue weighted by Gasteiger charge is 2.33. The van der Waals surface area contributed by atoms with Gasteiger partial charge >= 0.3 is 12.1 Å². The minimum absolute atomic E-state index is 0.0504. The Morgan fingerprint density at radius 2 is 1.88 bits per heavy atom. The van der Waals surface area contributed by atoms with Crippen LogP contribution in [0.5, 0.6) is 11.6 Å². The van der Waals surface area contributed by atoms with E-state index in [0.29, 0.717) is 24.2 Å². The van der Waals surface area contributed by atoms with Crippen LogP contribution in [-0.2, 0) is 15.7 Å². The van der Waals surface area contributed by atoms with Crippen LogP contribution in [0.1, 0.15) is 24.1 Å². The molecule has 1 fully saturated rings. The lowest BCUT2D eigenvalue weighted by Crippen LogP contribution is -2.36. The Balaban J connectivity index is 1.43. The third kappa shape index (κ3) is 7.14. The standard InChI is InChI=1S/C23H22F3N3O5/c24-23(25,26)20-2-1-3-21(29-20)34-17-9-8-16(33-13-17)12-32-15-6-4-14(5-7-15)18(27)10-11-19(28)22(30)31/h1-7,10-11,16-17,27-28H,8-9,12-13H2,(H,30,31)/b11-10-,27-18?,28-19?/t16-,17+/m0/s1. The van der Waals surface area contributed by atoms with Crippen LogP contribution in [0.25, 0.3) is 0 Å². The van der Waals surface area contributed by atoms with Crippen molar-refractivity contribution in [2.24, 2.45) is 0 Å². The largest absolute Gasteiger partial charge is 0.491 e. The Morgan fingerprint density at radius 1 is 1.15 bits per heavy atom. The number of nitrogens with one attached hydrogen (secondary N) is 2. The second-order valence-electron chi connectivity index (χ2n) is 7.43. The number of rotatable bonds is 9. The van der Waals surface area contributed by atoms with E-state index in [0.717, 1.165) is 12.1 Å². The summed E-state index contributed by atoms with van der Waals surface area (Å²) >= 11 is 0. The van der Waals surface area contributed by atoms with Crippen LogP contribution in [0.3, 0.4) is 0 Å². The van der Waals surface area contributed by atoms with Crippen LogP contribution >= 0.6 is 0 Å². The van der Waals surface area contributed by atoms with Crippen LogP contribution in [0.2, 0.25) is 0 Å². The molecule has 0 bridgehead atoms. The number of allylic oxidation sites excluding steroid dienone is 1. The lowest BCUT2D eigenvalue weighted by Gasteiger charge is -2.29. The number of halogens is 3. The van der Waals surface area contributed by atoms with Gasteiger partial charge in [-0.3, -0.25) is 5.41 Å². The Kier molecular flexibility index (Phi) is 8.00. The molecule has 2 aromatic rings. The molecule has 0 unspecified atom stereocenters. The number of benzene rings is 1. The topological polar surface area (TPSA) is 126 Å². The summed E-state index contributed by atoms with van der Waals surface area (Å²) in [5.41, 5.74) is -1.05. The molecule has 11 heteroatoms. The molecular formula is C23H22F3N3O5.